The van der Waals surface area contributed by atoms with Crippen molar-refractivity contribution in [3.8, 4) is 0 Å². The molecule has 0 spiro atoms. The van der Waals surface area contributed by atoms with Gasteiger partial charge >= 0.3 is 0 Å². The minimum absolute atomic E-state index is 0.139. The molecule has 7 nitrogen and oxygen atoms in total. The third-order valence-corrected chi connectivity index (χ3v) is 6.95. The van der Waals surface area contributed by atoms with E-state index in [2.05, 4.69) is 15.5 Å². The average Bonchev–Trinajstić information content (AvgIpc) is 3.00. The molecule has 1 aromatic carbocycles. The van der Waals surface area contributed by atoms with Gasteiger partial charge in [0.05, 0.1) is 4.90 Å². The second-order valence-corrected chi connectivity index (χ2v) is 9.30. The number of amides is 1. The molecule has 1 aromatic heterocycles. The highest BCUT2D eigenvalue weighted by Crippen LogP contribution is 2.26. The number of carbonyl (C=O) groups is 1. The molecular formula is C15H17ClN4O3S2. The van der Waals surface area contributed by atoms with Crippen LogP contribution in [0.4, 0.5) is 5.13 Å². The molecular weight excluding hydrogens is 384 g/mol. The Morgan fingerprint density at radius 1 is 1.24 bits per heavy atom. The molecule has 0 atom stereocenters. The molecule has 1 aliphatic rings. The van der Waals surface area contributed by atoms with Crippen LogP contribution in [0, 0.1) is 12.8 Å². The van der Waals surface area contributed by atoms with Crippen LogP contribution in [-0.2, 0) is 14.8 Å². The molecule has 0 bridgehead atoms. The van der Waals surface area contributed by atoms with Gasteiger partial charge in [0.15, 0.2) is 0 Å². The highest BCUT2D eigenvalue weighted by molar-refractivity contribution is 7.89. The quantitative estimate of drug-likeness (QED) is 0.851. The first kappa shape index (κ1) is 18.2. The number of nitrogens with zero attached hydrogens (tertiary/aromatic N) is 3. The second-order valence-electron chi connectivity index (χ2n) is 5.75. The fourth-order valence-corrected chi connectivity index (χ4v) is 4.86. The number of aromatic nitrogens is 2. The molecule has 2 aromatic rings. The lowest BCUT2D eigenvalue weighted by atomic mass is 9.97. The van der Waals surface area contributed by atoms with E-state index in [1.54, 1.807) is 12.1 Å². The van der Waals surface area contributed by atoms with Crippen LogP contribution in [-0.4, -0.2) is 41.9 Å². The highest BCUT2D eigenvalue weighted by Gasteiger charge is 2.32. The zero-order valence-electron chi connectivity index (χ0n) is 13.5. The SMILES string of the molecule is Cc1nnc(NC(=O)C2CCN(S(=O)(=O)c3ccc(Cl)cc3)CC2)s1. The summed E-state index contributed by atoms with van der Waals surface area (Å²) in [5, 5.41) is 12.2. The Morgan fingerprint density at radius 2 is 1.88 bits per heavy atom. The van der Waals surface area contributed by atoms with Gasteiger partial charge in [-0.3, -0.25) is 4.79 Å². The minimum Gasteiger partial charge on any atom is -0.300 e. The van der Waals surface area contributed by atoms with Crippen LogP contribution in [0.5, 0.6) is 0 Å². The Kier molecular flexibility index (Phi) is 5.38. The summed E-state index contributed by atoms with van der Waals surface area (Å²) >= 11 is 7.12. The van der Waals surface area contributed by atoms with Gasteiger partial charge < -0.3 is 5.32 Å². The van der Waals surface area contributed by atoms with Crippen molar-refractivity contribution >= 4 is 44.0 Å². The number of sulfonamides is 1. The second kappa shape index (κ2) is 7.36. The maximum atomic E-state index is 12.6. The van der Waals surface area contributed by atoms with Gasteiger partial charge in [0.1, 0.15) is 5.01 Å². The van der Waals surface area contributed by atoms with Gasteiger partial charge in [-0.2, -0.15) is 4.31 Å². The molecule has 0 saturated carbocycles. The van der Waals surface area contributed by atoms with Crippen molar-refractivity contribution < 1.29 is 13.2 Å². The number of piperidine rings is 1. The van der Waals surface area contributed by atoms with Crippen LogP contribution < -0.4 is 5.32 Å². The maximum Gasteiger partial charge on any atom is 0.243 e. The fraction of sp³-hybridized carbons (Fsp3) is 0.400. The van der Waals surface area contributed by atoms with Crippen molar-refractivity contribution in [3.63, 3.8) is 0 Å². The summed E-state index contributed by atoms with van der Waals surface area (Å²) in [6.07, 6.45) is 0.937. The first-order valence-corrected chi connectivity index (χ1v) is 10.4. The molecule has 134 valence electrons. The Balaban J connectivity index is 1.61. The summed E-state index contributed by atoms with van der Waals surface area (Å²) in [4.78, 5) is 12.5. The molecule has 1 saturated heterocycles. The average molecular weight is 401 g/mol. The van der Waals surface area contributed by atoms with E-state index in [1.807, 2.05) is 6.92 Å². The van der Waals surface area contributed by atoms with E-state index in [0.29, 0.717) is 36.1 Å². The third kappa shape index (κ3) is 4.17. The molecule has 0 unspecified atom stereocenters. The molecule has 1 amide bonds. The smallest absolute Gasteiger partial charge is 0.243 e. The van der Waals surface area contributed by atoms with Gasteiger partial charge in [0.25, 0.3) is 0 Å². The Morgan fingerprint density at radius 3 is 2.44 bits per heavy atom. The summed E-state index contributed by atoms with van der Waals surface area (Å²) < 4.78 is 26.7. The summed E-state index contributed by atoms with van der Waals surface area (Å²) in [5.74, 6) is -0.374. The number of rotatable bonds is 4. The number of aryl methyl sites for hydroxylation is 1. The summed E-state index contributed by atoms with van der Waals surface area (Å²) in [6.45, 7) is 2.42. The van der Waals surface area contributed by atoms with E-state index in [0.717, 1.165) is 5.01 Å². The molecule has 1 aliphatic heterocycles. The predicted octanol–water partition coefficient (Wildman–Crippen LogP) is 2.54. The van der Waals surface area contributed by atoms with Crippen LogP contribution in [0.3, 0.4) is 0 Å². The zero-order valence-corrected chi connectivity index (χ0v) is 15.9. The zero-order chi connectivity index (χ0) is 18.0. The molecule has 1 N–H and O–H groups in total. The van der Waals surface area contributed by atoms with Crippen molar-refractivity contribution in [1.29, 1.82) is 0 Å². The molecule has 2 heterocycles. The van der Waals surface area contributed by atoms with Crippen LogP contribution in [0.2, 0.25) is 5.02 Å². The van der Waals surface area contributed by atoms with Gasteiger partial charge in [-0.1, -0.05) is 22.9 Å². The van der Waals surface area contributed by atoms with Crippen molar-refractivity contribution in [3.05, 3.63) is 34.3 Å². The lowest BCUT2D eigenvalue weighted by Gasteiger charge is -2.30. The summed E-state index contributed by atoms with van der Waals surface area (Å²) in [5.41, 5.74) is 0. The first-order chi connectivity index (χ1) is 11.9. The number of hydrogen-bond acceptors (Lipinski definition) is 6. The highest BCUT2D eigenvalue weighted by atomic mass is 35.5. The fourth-order valence-electron chi connectivity index (χ4n) is 2.67. The lowest BCUT2D eigenvalue weighted by molar-refractivity contribution is -0.120. The molecule has 1 fully saturated rings. The molecule has 25 heavy (non-hydrogen) atoms. The molecule has 0 radical (unpaired) electrons. The topological polar surface area (TPSA) is 92.3 Å². The van der Waals surface area contributed by atoms with E-state index in [1.165, 1.54) is 27.8 Å². The van der Waals surface area contributed by atoms with Gasteiger partial charge in [0, 0.05) is 24.0 Å². The van der Waals surface area contributed by atoms with Crippen molar-refractivity contribution in [2.75, 3.05) is 18.4 Å². The predicted molar refractivity (Wildman–Crippen MR) is 96.2 cm³/mol. The van der Waals surface area contributed by atoms with E-state index in [9.17, 15) is 13.2 Å². The summed E-state index contributed by atoms with van der Waals surface area (Å²) in [6, 6.07) is 6.10. The third-order valence-electron chi connectivity index (χ3n) is 4.03. The first-order valence-electron chi connectivity index (χ1n) is 7.73. The van der Waals surface area contributed by atoms with Gasteiger partial charge in [-0.05, 0) is 44.0 Å². The number of benzene rings is 1. The molecule has 10 heteroatoms. The van der Waals surface area contributed by atoms with E-state index >= 15 is 0 Å². The Bertz CT molecular complexity index is 859. The minimum atomic E-state index is -3.56. The van der Waals surface area contributed by atoms with Crippen molar-refractivity contribution in [2.45, 2.75) is 24.7 Å². The normalized spacial score (nSPS) is 16.7. The number of halogens is 1. The number of hydrogen-bond donors (Lipinski definition) is 1. The van der Waals surface area contributed by atoms with Crippen LogP contribution >= 0.6 is 22.9 Å². The standard InChI is InChI=1S/C15H17ClN4O3S2/c1-10-18-19-15(24-10)17-14(21)11-6-8-20(9-7-11)25(22,23)13-4-2-12(16)3-5-13/h2-5,11H,6-9H2,1H3,(H,17,19,21). The van der Waals surface area contributed by atoms with Crippen molar-refractivity contribution in [2.24, 2.45) is 5.92 Å². The Labute approximate surface area is 155 Å². The van der Waals surface area contributed by atoms with Crippen LogP contribution in [0.1, 0.15) is 17.8 Å². The monoisotopic (exact) mass is 400 g/mol. The molecule has 3 rings (SSSR count). The number of nitrogens with one attached hydrogen (secondary N) is 1. The number of anilines is 1. The van der Waals surface area contributed by atoms with Gasteiger partial charge in [0.2, 0.25) is 21.1 Å². The maximum absolute atomic E-state index is 12.6. The van der Waals surface area contributed by atoms with E-state index in [-0.39, 0.29) is 16.7 Å². The van der Waals surface area contributed by atoms with Crippen LogP contribution in [0.15, 0.2) is 29.2 Å². The Hall–Kier alpha value is -1.55. The molecule has 0 aliphatic carbocycles. The van der Waals surface area contributed by atoms with Crippen LogP contribution in [0.25, 0.3) is 0 Å². The van der Waals surface area contributed by atoms with Crippen molar-refractivity contribution in [1.82, 2.24) is 14.5 Å². The van der Waals surface area contributed by atoms with E-state index < -0.39 is 10.0 Å². The lowest BCUT2D eigenvalue weighted by Crippen LogP contribution is -2.41. The van der Waals surface area contributed by atoms with Gasteiger partial charge in [-0.15, -0.1) is 10.2 Å². The van der Waals surface area contributed by atoms with E-state index in [4.69, 9.17) is 11.6 Å². The number of carbonyl (C=O) groups excluding carboxylic acids is 1. The summed E-state index contributed by atoms with van der Waals surface area (Å²) in [7, 11) is -3.56. The largest absolute Gasteiger partial charge is 0.300 e. The van der Waals surface area contributed by atoms with Gasteiger partial charge in [-0.25, -0.2) is 8.42 Å².